The minimum Gasteiger partial charge on any atom is -0.397 e. The van der Waals surface area contributed by atoms with Crippen molar-refractivity contribution in [1.29, 1.82) is 0 Å². The summed E-state index contributed by atoms with van der Waals surface area (Å²) in [7, 11) is 0. The molecule has 0 spiro atoms. The van der Waals surface area contributed by atoms with Crippen LogP contribution in [0.2, 0.25) is 0 Å². The molecule has 0 saturated carbocycles. The first-order valence-electron chi connectivity index (χ1n) is 15.1. The number of aromatic nitrogens is 2. The van der Waals surface area contributed by atoms with Crippen molar-refractivity contribution in [3.05, 3.63) is 175 Å². The SMILES string of the molecule is C=C(/C(=N\c1ccc(-c2ccc3nc(-c4ccccc4)c(-c4ccc(F)cc4)nc3c2)cc1N)c1ccc(F)cc1)c1ccccc1. The molecule has 6 aromatic carbocycles. The minimum atomic E-state index is -0.330. The number of hydrogen-bond acceptors (Lipinski definition) is 4. The number of fused-ring (bicyclic) bond motifs is 1. The molecule has 7 aromatic rings. The van der Waals surface area contributed by atoms with Gasteiger partial charge in [-0.15, -0.1) is 0 Å². The molecule has 0 radical (unpaired) electrons. The first-order chi connectivity index (χ1) is 22.9. The molecule has 226 valence electrons. The second-order valence-corrected chi connectivity index (χ2v) is 11.1. The van der Waals surface area contributed by atoms with E-state index in [0.29, 0.717) is 33.9 Å². The molecule has 0 unspecified atom stereocenters. The predicted octanol–water partition coefficient (Wildman–Crippen LogP) is 10.3. The van der Waals surface area contributed by atoms with Crippen molar-refractivity contribution in [3.8, 4) is 33.6 Å². The zero-order chi connectivity index (χ0) is 32.3. The maximum Gasteiger partial charge on any atom is 0.123 e. The summed E-state index contributed by atoms with van der Waals surface area (Å²) in [5.41, 5.74) is 16.8. The second kappa shape index (κ2) is 12.6. The van der Waals surface area contributed by atoms with Crippen LogP contribution in [0.5, 0.6) is 0 Å². The lowest BCUT2D eigenvalue weighted by Gasteiger charge is -2.13. The normalized spacial score (nSPS) is 11.5. The van der Waals surface area contributed by atoms with Gasteiger partial charge in [-0.05, 0) is 89.5 Å². The lowest BCUT2D eigenvalue weighted by Crippen LogP contribution is -2.04. The fourth-order valence-electron chi connectivity index (χ4n) is 5.49. The summed E-state index contributed by atoms with van der Waals surface area (Å²) < 4.78 is 27.6. The van der Waals surface area contributed by atoms with Crippen LogP contribution in [0.15, 0.2) is 157 Å². The van der Waals surface area contributed by atoms with E-state index in [-0.39, 0.29) is 11.6 Å². The van der Waals surface area contributed by atoms with Gasteiger partial charge in [0.2, 0.25) is 0 Å². The summed E-state index contributed by atoms with van der Waals surface area (Å²) in [6.07, 6.45) is 0. The molecule has 0 fully saturated rings. The Morgan fingerprint density at radius 1 is 0.532 bits per heavy atom. The van der Waals surface area contributed by atoms with E-state index < -0.39 is 0 Å². The molecule has 47 heavy (non-hydrogen) atoms. The fraction of sp³-hybridized carbons (Fsp3) is 0. The topological polar surface area (TPSA) is 64.2 Å². The zero-order valence-electron chi connectivity index (χ0n) is 25.2. The lowest BCUT2D eigenvalue weighted by molar-refractivity contribution is 0.627. The van der Waals surface area contributed by atoms with E-state index in [4.69, 9.17) is 20.7 Å². The Bertz CT molecular complexity index is 2260. The number of hydrogen-bond donors (Lipinski definition) is 1. The highest BCUT2D eigenvalue weighted by Crippen LogP contribution is 2.35. The molecule has 0 aliphatic rings. The molecule has 7 rings (SSSR count). The van der Waals surface area contributed by atoms with Crippen molar-refractivity contribution < 1.29 is 8.78 Å². The summed E-state index contributed by atoms with van der Waals surface area (Å²) in [6, 6.07) is 43.6. The maximum atomic E-state index is 13.8. The molecular weight excluding hydrogens is 586 g/mol. The van der Waals surface area contributed by atoms with E-state index >= 15 is 0 Å². The van der Waals surface area contributed by atoms with Crippen LogP contribution in [0.4, 0.5) is 20.2 Å². The molecule has 0 atom stereocenters. The summed E-state index contributed by atoms with van der Waals surface area (Å²) >= 11 is 0. The van der Waals surface area contributed by atoms with Gasteiger partial charge >= 0.3 is 0 Å². The standard InChI is InChI=1S/C41H28F2N4/c1-26(27-8-4-2-5-9-27)39(29-12-18-33(42)19-13-29)45-36-22-16-31(24-35(36)44)32-17-23-37-38(25-32)47-41(30-14-20-34(43)21-15-30)40(46-37)28-10-6-3-7-11-28/h2-25H,1,44H2/b45-39+. The zero-order valence-corrected chi connectivity index (χ0v) is 25.2. The maximum absolute atomic E-state index is 13.8. The molecule has 2 N–H and O–H groups in total. The van der Waals surface area contributed by atoms with Gasteiger partial charge in [0.25, 0.3) is 0 Å². The van der Waals surface area contributed by atoms with Crippen LogP contribution in [0.1, 0.15) is 11.1 Å². The molecule has 0 aliphatic carbocycles. The fourth-order valence-corrected chi connectivity index (χ4v) is 5.49. The Morgan fingerprint density at radius 2 is 1.06 bits per heavy atom. The molecule has 1 aromatic heterocycles. The first-order valence-corrected chi connectivity index (χ1v) is 15.1. The largest absolute Gasteiger partial charge is 0.397 e. The number of halogens is 2. The van der Waals surface area contributed by atoms with Crippen molar-refractivity contribution in [2.75, 3.05) is 5.73 Å². The molecule has 6 heteroatoms. The van der Waals surface area contributed by atoms with Gasteiger partial charge in [-0.3, -0.25) is 0 Å². The number of rotatable bonds is 7. The molecule has 0 amide bonds. The van der Waals surface area contributed by atoms with Crippen LogP contribution in [-0.4, -0.2) is 15.7 Å². The summed E-state index contributed by atoms with van der Waals surface area (Å²) in [5, 5.41) is 0. The van der Waals surface area contributed by atoms with E-state index in [0.717, 1.165) is 44.6 Å². The third kappa shape index (κ3) is 6.17. The molecule has 4 nitrogen and oxygen atoms in total. The van der Waals surface area contributed by atoms with Gasteiger partial charge in [-0.2, -0.15) is 0 Å². The minimum absolute atomic E-state index is 0.314. The Morgan fingerprint density at radius 3 is 1.72 bits per heavy atom. The van der Waals surface area contributed by atoms with E-state index in [1.807, 2.05) is 97.1 Å². The number of aliphatic imine (C=N–C) groups is 1. The average Bonchev–Trinajstić information content (AvgIpc) is 3.11. The third-order valence-corrected chi connectivity index (χ3v) is 7.95. The van der Waals surface area contributed by atoms with E-state index in [1.54, 1.807) is 24.3 Å². The van der Waals surface area contributed by atoms with Crippen LogP contribution < -0.4 is 5.73 Å². The molecule has 0 bridgehead atoms. The summed E-state index contributed by atoms with van der Waals surface area (Å²) in [5.74, 6) is -0.644. The highest BCUT2D eigenvalue weighted by atomic mass is 19.1. The monoisotopic (exact) mass is 614 g/mol. The van der Waals surface area contributed by atoms with E-state index in [2.05, 4.69) is 6.58 Å². The smallest absolute Gasteiger partial charge is 0.123 e. The van der Waals surface area contributed by atoms with Gasteiger partial charge in [0.15, 0.2) is 0 Å². The molecule has 1 heterocycles. The van der Waals surface area contributed by atoms with E-state index in [1.165, 1.54) is 24.3 Å². The summed E-state index contributed by atoms with van der Waals surface area (Å²) in [6.45, 7) is 4.31. The Kier molecular flexibility index (Phi) is 7.90. The quantitative estimate of drug-likeness (QED) is 0.144. The van der Waals surface area contributed by atoms with E-state index in [9.17, 15) is 8.78 Å². The Hall–Kier alpha value is -6.27. The predicted molar refractivity (Wildman–Crippen MR) is 188 cm³/mol. The van der Waals surface area contributed by atoms with Crippen LogP contribution >= 0.6 is 0 Å². The second-order valence-electron chi connectivity index (χ2n) is 11.1. The van der Waals surface area contributed by atoms with Crippen molar-refractivity contribution in [1.82, 2.24) is 9.97 Å². The van der Waals surface area contributed by atoms with Gasteiger partial charge in [0.05, 0.1) is 39.5 Å². The molecular formula is C41H28F2N4. The van der Waals surface area contributed by atoms with Gasteiger partial charge in [0, 0.05) is 22.3 Å². The van der Waals surface area contributed by atoms with Crippen LogP contribution in [-0.2, 0) is 0 Å². The lowest BCUT2D eigenvalue weighted by atomic mass is 9.97. The Labute approximate surface area is 271 Å². The summed E-state index contributed by atoms with van der Waals surface area (Å²) in [4.78, 5) is 14.9. The Balaban J connectivity index is 1.29. The average molecular weight is 615 g/mol. The number of anilines is 1. The van der Waals surface area contributed by atoms with Crippen molar-refractivity contribution in [2.45, 2.75) is 0 Å². The number of benzene rings is 6. The number of nitrogen functional groups attached to an aromatic ring is 1. The van der Waals surface area contributed by atoms with Crippen LogP contribution in [0.25, 0.3) is 50.2 Å². The van der Waals surface area contributed by atoms with Crippen LogP contribution in [0, 0.1) is 11.6 Å². The number of nitrogens with zero attached hydrogens (tertiary/aromatic N) is 3. The van der Waals surface area contributed by atoms with Gasteiger partial charge in [-0.1, -0.05) is 79.4 Å². The van der Waals surface area contributed by atoms with Crippen LogP contribution in [0.3, 0.4) is 0 Å². The third-order valence-electron chi connectivity index (χ3n) is 7.95. The van der Waals surface area contributed by atoms with Crippen molar-refractivity contribution >= 4 is 33.7 Å². The van der Waals surface area contributed by atoms with Gasteiger partial charge < -0.3 is 5.73 Å². The molecule has 0 saturated heterocycles. The first kappa shape index (κ1) is 29.4. The van der Waals surface area contributed by atoms with Crippen molar-refractivity contribution in [3.63, 3.8) is 0 Å². The number of nitrogens with two attached hydrogens (primary N) is 1. The van der Waals surface area contributed by atoms with Gasteiger partial charge in [0.1, 0.15) is 11.6 Å². The number of allylic oxidation sites excluding steroid dienone is 1. The highest BCUT2D eigenvalue weighted by molar-refractivity contribution is 6.32. The van der Waals surface area contributed by atoms with Gasteiger partial charge in [-0.25, -0.2) is 23.7 Å². The van der Waals surface area contributed by atoms with Crippen molar-refractivity contribution in [2.24, 2.45) is 4.99 Å². The molecule has 0 aliphatic heterocycles. The highest BCUT2D eigenvalue weighted by Gasteiger charge is 2.16.